The molecule has 0 heterocycles. The summed E-state index contributed by atoms with van der Waals surface area (Å²) in [6.07, 6.45) is 0. The minimum absolute atomic E-state index is 0.689. The normalized spacial score (nSPS) is 11.0. The van der Waals surface area contributed by atoms with Crippen molar-refractivity contribution in [2.24, 2.45) is 0 Å². The van der Waals surface area contributed by atoms with Crippen LogP contribution in [0.3, 0.4) is 0 Å². The highest BCUT2D eigenvalue weighted by molar-refractivity contribution is 5.32. The van der Waals surface area contributed by atoms with E-state index in [1.807, 2.05) is 52.5 Å². The van der Waals surface area contributed by atoms with Gasteiger partial charge in [0.15, 0.2) is 0 Å². The molecule has 0 saturated heterocycles. The maximum atomic E-state index is 5.65. The molecule has 0 unspecified atom stereocenters. The van der Waals surface area contributed by atoms with E-state index in [0.717, 1.165) is 24.6 Å². The molecule has 0 amide bonds. The van der Waals surface area contributed by atoms with Crippen LogP contribution in [0.15, 0.2) is 24.3 Å². The molecule has 4 nitrogen and oxygen atoms in total. The number of ether oxygens (including phenoxy) is 2. The standard InChI is InChI=1S/C14H24N2O2/c1-15(2)8-10-17-13-6-5-7-14(12-13)18-11-9-16(3)4/h5-7,12H,8-11H2,1-4H3. The van der Waals surface area contributed by atoms with Crippen molar-refractivity contribution in [3.05, 3.63) is 24.3 Å². The zero-order valence-corrected chi connectivity index (χ0v) is 11.8. The van der Waals surface area contributed by atoms with Crippen molar-refractivity contribution in [2.45, 2.75) is 0 Å². The third kappa shape index (κ3) is 6.47. The fourth-order valence-corrected chi connectivity index (χ4v) is 1.35. The van der Waals surface area contributed by atoms with Gasteiger partial charge in [0.2, 0.25) is 0 Å². The third-order valence-corrected chi connectivity index (χ3v) is 2.42. The topological polar surface area (TPSA) is 24.9 Å². The molecular weight excluding hydrogens is 228 g/mol. The molecule has 1 rings (SSSR count). The molecule has 0 aliphatic rings. The van der Waals surface area contributed by atoms with Gasteiger partial charge < -0.3 is 19.3 Å². The second kappa shape index (κ2) is 7.95. The van der Waals surface area contributed by atoms with Gasteiger partial charge in [-0.05, 0) is 40.3 Å². The van der Waals surface area contributed by atoms with Gasteiger partial charge >= 0.3 is 0 Å². The minimum Gasteiger partial charge on any atom is -0.492 e. The molecule has 0 bridgehead atoms. The summed E-state index contributed by atoms with van der Waals surface area (Å²) in [4.78, 5) is 4.19. The second-order valence-electron chi connectivity index (χ2n) is 4.78. The van der Waals surface area contributed by atoms with E-state index in [0.29, 0.717) is 13.2 Å². The molecule has 0 radical (unpaired) electrons. The number of benzene rings is 1. The average Bonchev–Trinajstić information content (AvgIpc) is 2.28. The molecule has 1 aromatic rings. The summed E-state index contributed by atoms with van der Waals surface area (Å²) in [5, 5.41) is 0. The molecule has 0 aliphatic heterocycles. The third-order valence-electron chi connectivity index (χ3n) is 2.42. The molecule has 1 aromatic carbocycles. The van der Waals surface area contributed by atoms with Gasteiger partial charge in [-0.15, -0.1) is 0 Å². The van der Waals surface area contributed by atoms with Crippen molar-refractivity contribution in [3.63, 3.8) is 0 Å². The Kier molecular flexibility index (Phi) is 6.54. The first-order chi connectivity index (χ1) is 8.58. The number of nitrogens with zero attached hydrogens (tertiary/aromatic N) is 2. The lowest BCUT2D eigenvalue weighted by Gasteiger charge is -2.13. The molecule has 0 fully saturated rings. The minimum atomic E-state index is 0.689. The van der Waals surface area contributed by atoms with Gasteiger partial charge in [0.05, 0.1) is 0 Å². The molecule has 0 saturated carbocycles. The predicted octanol–water partition coefficient (Wildman–Crippen LogP) is 1.57. The van der Waals surface area contributed by atoms with Crippen LogP contribution in [0.4, 0.5) is 0 Å². The lowest BCUT2D eigenvalue weighted by molar-refractivity contribution is 0.251. The van der Waals surface area contributed by atoms with Crippen molar-refractivity contribution >= 4 is 0 Å². The van der Waals surface area contributed by atoms with E-state index in [9.17, 15) is 0 Å². The van der Waals surface area contributed by atoms with Gasteiger partial charge in [-0.2, -0.15) is 0 Å². The highest BCUT2D eigenvalue weighted by atomic mass is 16.5. The molecule has 102 valence electrons. The largest absolute Gasteiger partial charge is 0.492 e. The first kappa shape index (κ1) is 14.8. The number of rotatable bonds is 8. The SMILES string of the molecule is CN(C)CCOc1cccc(OCCN(C)C)c1. The van der Waals surface area contributed by atoms with Crippen molar-refractivity contribution in [3.8, 4) is 11.5 Å². The Hall–Kier alpha value is -1.26. The summed E-state index contributed by atoms with van der Waals surface area (Å²) in [6.45, 7) is 3.19. The summed E-state index contributed by atoms with van der Waals surface area (Å²) in [5.41, 5.74) is 0. The van der Waals surface area contributed by atoms with Gasteiger partial charge in [0, 0.05) is 19.2 Å². The van der Waals surface area contributed by atoms with Crippen LogP contribution in [0.5, 0.6) is 11.5 Å². The summed E-state index contributed by atoms with van der Waals surface area (Å²) in [6, 6.07) is 7.80. The van der Waals surface area contributed by atoms with Gasteiger partial charge in [0.1, 0.15) is 24.7 Å². The van der Waals surface area contributed by atoms with Gasteiger partial charge in [0.25, 0.3) is 0 Å². The van der Waals surface area contributed by atoms with E-state index in [1.54, 1.807) is 0 Å². The van der Waals surface area contributed by atoms with Crippen LogP contribution in [0.25, 0.3) is 0 Å². The van der Waals surface area contributed by atoms with Crippen LogP contribution >= 0.6 is 0 Å². The summed E-state index contributed by atoms with van der Waals surface area (Å²) in [5.74, 6) is 1.72. The lowest BCUT2D eigenvalue weighted by Crippen LogP contribution is -2.20. The van der Waals surface area contributed by atoms with Crippen molar-refractivity contribution in [2.75, 3.05) is 54.5 Å². The van der Waals surface area contributed by atoms with E-state index in [-0.39, 0.29) is 0 Å². The van der Waals surface area contributed by atoms with Crippen LogP contribution in [0.1, 0.15) is 0 Å². The Morgan fingerprint density at radius 3 is 1.67 bits per heavy atom. The molecule has 0 aromatic heterocycles. The van der Waals surface area contributed by atoms with E-state index in [2.05, 4.69) is 9.80 Å². The molecule has 0 N–H and O–H groups in total. The fraction of sp³-hybridized carbons (Fsp3) is 0.571. The Morgan fingerprint density at radius 1 is 0.833 bits per heavy atom. The smallest absolute Gasteiger partial charge is 0.123 e. The molecule has 4 heteroatoms. The summed E-state index contributed by atoms with van der Waals surface area (Å²) < 4.78 is 11.3. The Labute approximate surface area is 110 Å². The first-order valence-electron chi connectivity index (χ1n) is 6.23. The van der Waals surface area contributed by atoms with Gasteiger partial charge in [-0.1, -0.05) is 6.07 Å². The number of hydrogen-bond acceptors (Lipinski definition) is 4. The van der Waals surface area contributed by atoms with E-state index < -0.39 is 0 Å². The molecular formula is C14H24N2O2. The van der Waals surface area contributed by atoms with E-state index in [1.165, 1.54) is 0 Å². The number of hydrogen-bond donors (Lipinski definition) is 0. The maximum absolute atomic E-state index is 5.65. The fourth-order valence-electron chi connectivity index (χ4n) is 1.35. The quantitative estimate of drug-likeness (QED) is 0.701. The Balaban J connectivity index is 2.36. The Bertz CT molecular complexity index is 311. The second-order valence-corrected chi connectivity index (χ2v) is 4.78. The maximum Gasteiger partial charge on any atom is 0.123 e. The molecule has 0 aliphatic carbocycles. The van der Waals surface area contributed by atoms with Crippen LogP contribution in [0, 0.1) is 0 Å². The van der Waals surface area contributed by atoms with Crippen LogP contribution in [-0.4, -0.2) is 64.3 Å². The van der Waals surface area contributed by atoms with E-state index >= 15 is 0 Å². The highest BCUT2D eigenvalue weighted by Gasteiger charge is 1.99. The van der Waals surface area contributed by atoms with Crippen LogP contribution < -0.4 is 9.47 Å². The first-order valence-corrected chi connectivity index (χ1v) is 6.23. The monoisotopic (exact) mass is 252 g/mol. The van der Waals surface area contributed by atoms with Crippen molar-refractivity contribution in [1.29, 1.82) is 0 Å². The Morgan fingerprint density at radius 2 is 1.28 bits per heavy atom. The zero-order chi connectivity index (χ0) is 13.4. The average molecular weight is 252 g/mol. The van der Waals surface area contributed by atoms with Gasteiger partial charge in [-0.3, -0.25) is 0 Å². The van der Waals surface area contributed by atoms with Crippen LogP contribution in [-0.2, 0) is 0 Å². The molecule has 18 heavy (non-hydrogen) atoms. The summed E-state index contributed by atoms with van der Waals surface area (Å²) in [7, 11) is 8.13. The lowest BCUT2D eigenvalue weighted by atomic mass is 10.3. The molecule has 0 spiro atoms. The van der Waals surface area contributed by atoms with Crippen molar-refractivity contribution in [1.82, 2.24) is 9.80 Å². The highest BCUT2D eigenvalue weighted by Crippen LogP contribution is 2.19. The van der Waals surface area contributed by atoms with Crippen molar-refractivity contribution < 1.29 is 9.47 Å². The van der Waals surface area contributed by atoms with Crippen LogP contribution in [0.2, 0.25) is 0 Å². The predicted molar refractivity (Wildman–Crippen MR) is 74.5 cm³/mol. The van der Waals surface area contributed by atoms with Gasteiger partial charge in [-0.25, -0.2) is 0 Å². The zero-order valence-electron chi connectivity index (χ0n) is 11.8. The summed E-state index contributed by atoms with van der Waals surface area (Å²) >= 11 is 0. The molecule has 0 atom stereocenters. The van der Waals surface area contributed by atoms with E-state index in [4.69, 9.17) is 9.47 Å². The number of likely N-dealkylation sites (N-methyl/N-ethyl adjacent to an activating group) is 2.